The highest BCUT2D eigenvalue weighted by atomic mass is 16.3. The zero-order chi connectivity index (χ0) is 18.2. The van der Waals surface area contributed by atoms with E-state index in [2.05, 4.69) is 5.32 Å². The number of hydrogen-bond acceptors (Lipinski definition) is 4. The van der Waals surface area contributed by atoms with Crippen LogP contribution in [0.25, 0.3) is 0 Å². The molecule has 0 aromatic heterocycles. The van der Waals surface area contributed by atoms with Crippen molar-refractivity contribution in [1.82, 2.24) is 10.2 Å². The van der Waals surface area contributed by atoms with Crippen molar-refractivity contribution >= 4 is 11.8 Å². The number of carbonyl (C=O) groups is 2. The van der Waals surface area contributed by atoms with Gasteiger partial charge in [-0.05, 0) is 33.9 Å². The van der Waals surface area contributed by atoms with Crippen LogP contribution in [0.1, 0.15) is 84.0 Å². The van der Waals surface area contributed by atoms with Crippen LogP contribution in [0.3, 0.4) is 0 Å². The lowest BCUT2D eigenvalue weighted by molar-refractivity contribution is -0.130. The van der Waals surface area contributed by atoms with Crippen LogP contribution in [0.2, 0.25) is 0 Å². The fraction of sp³-hybridized carbons (Fsp3) is 0.895. The van der Waals surface area contributed by atoms with Gasteiger partial charge < -0.3 is 10.0 Å². The monoisotopic (exact) mass is 342 g/mol. The largest absolute Gasteiger partial charge is 0.392 e. The van der Waals surface area contributed by atoms with E-state index in [4.69, 9.17) is 5.11 Å². The van der Waals surface area contributed by atoms with Gasteiger partial charge >= 0.3 is 0 Å². The van der Waals surface area contributed by atoms with Crippen LogP contribution in [-0.2, 0) is 9.59 Å². The molecule has 0 radical (unpaired) electrons. The van der Waals surface area contributed by atoms with Gasteiger partial charge in [0.25, 0.3) is 0 Å². The Hall–Kier alpha value is -0.940. The van der Waals surface area contributed by atoms with Crippen LogP contribution < -0.4 is 5.32 Å². The van der Waals surface area contributed by atoms with E-state index in [1.165, 1.54) is 38.5 Å². The topological polar surface area (TPSA) is 69.6 Å². The molecule has 1 atom stereocenters. The van der Waals surface area contributed by atoms with Crippen molar-refractivity contribution < 1.29 is 14.7 Å². The maximum absolute atomic E-state index is 11.4. The molecule has 24 heavy (non-hydrogen) atoms. The third-order valence-electron chi connectivity index (χ3n) is 3.97. The Bertz CT molecular complexity index is 301. The summed E-state index contributed by atoms with van der Waals surface area (Å²) in [7, 11) is 3.87. The van der Waals surface area contributed by atoms with E-state index in [0.29, 0.717) is 12.8 Å². The molecular weight excluding hydrogens is 304 g/mol. The lowest BCUT2D eigenvalue weighted by atomic mass is 10.1. The van der Waals surface area contributed by atoms with Crippen molar-refractivity contribution in [1.29, 1.82) is 0 Å². The van der Waals surface area contributed by atoms with E-state index in [-0.39, 0.29) is 17.9 Å². The Balaban J connectivity index is 0.000000640. The summed E-state index contributed by atoms with van der Waals surface area (Å²) in [4.78, 5) is 24.7. The van der Waals surface area contributed by atoms with Crippen LogP contribution in [0.5, 0.6) is 0 Å². The number of aliphatic hydroxyl groups is 1. The number of imide groups is 1. The number of nitrogens with zero attached hydrogens (tertiary/aromatic N) is 1. The molecule has 1 unspecified atom stereocenters. The Kier molecular flexibility index (Phi) is 15.0. The molecule has 1 rings (SSSR count). The van der Waals surface area contributed by atoms with E-state index < -0.39 is 0 Å². The Morgan fingerprint density at radius 3 is 1.42 bits per heavy atom. The van der Waals surface area contributed by atoms with E-state index in [9.17, 15) is 9.59 Å². The molecule has 2 amide bonds. The first-order chi connectivity index (χ1) is 11.4. The summed E-state index contributed by atoms with van der Waals surface area (Å²) in [6.45, 7) is 2.53. The molecule has 0 saturated carbocycles. The first-order valence-electron chi connectivity index (χ1n) is 9.57. The molecule has 0 aromatic carbocycles. The number of nitrogens with one attached hydrogen (secondary N) is 1. The van der Waals surface area contributed by atoms with E-state index >= 15 is 0 Å². The second-order valence-corrected chi connectivity index (χ2v) is 7.12. The minimum Gasteiger partial charge on any atom is -0.392 e. The van der Waals surface area contributed by atoms with Gasteiger partial charge in [-0.25, -0.2) is 0 Å². The Morgan fingerprint density at radius 2 is 1.17 bits per heavy atom. The van der Waals surface area contributed by atoms with Gasteiger partial charge in [0.15, 0.2) is 0 Å². The van der Waals surface area contributed by atoms with Crippen molar-refractivity contribution in [2.75, 3.05) is 20.6 Å². The molecule has 1 aliphatic heterocycles. The summed E-state index contributed by atoms with van der Waals surface area (Å²) in [6.07, 6.45) is 12.5. The van der Waals surface area contributed by atoms with Crippen molar-refractivity contribution in [2.24, 2.45) is 0 Å². The number of carbonyl (C=O) groups excluding carboxylic acids is 2. The minimum absolute atomic E-state index is 0.0927. The van der Waals surface area contributed by atoms with Gasteiger partial charge in [-0.2, -0.15) is 0 Å². The molecule has 2 N–H and O–H groups in total. The molecule has 1 saturated heterocycles. The lowest BCUT2D eigenvalue weighted by Crippen LogP contribution is -2.29. The Labute approximate surface area is 148 Å². The highest BCUT2D eigenvalue weighted by Gasteiger charge is 2.07. The van der Waals surface area contributed by atoms with Crippen LogP contribution >= 0.6 is 0 Å². The van der Waals surface area contributed by atoms with Crippen LogP contribution in [0, 0.1) is 0 Å². The van der Waals surface area contributed by atoms with Crippen LogP contribution in [0.15, 0.2) is 0 Å². The molecule has 1 heterocycles. The van der Waals surface area contributed by atoms with Gasteiger partial charge in [0.2, 0.25) is 11.8 Å². The third-order valence-corrected chi connectivity index (χ3v) is 3.97. The zero-order valence-corrected chi connectivity index (χ0v) is 16.0. The number of aliphatic hydroxyl groups excluding tert-OH is 1. The van der Waals surface area contributed by atoms with Gasteiger partial charge in [-0.3, -0.25) is 14.9 Å². The molecule has 1 aliphatic rings. The van der Waals surface area contributed by atoms with Gasteiger partial charge in [-0.15, -0.1) is 0 Å². The Morgan fingerprint density at radius 1 is 0.833 bits per heavy atom. The number of hydrogen-bond donors (Lipinski definition) is 2. The van der Waals surface area contributed by atoms with Gasteiger partial charge in [-0.1, -0.05) is 51.4 Å². The molecule has 0 aliphatic carbocycles. The van der Waals surface area contributed by atoms with E-state index in [1.807, 2.05) is 19.0 Å². The highest BCUT2D eigenvalue weighted by Crippen LogP contribution is 2.12. The average Bonchev–Trinajstić information content (AvgIpc) is 2.47. The fourth-order valence-corrected chi connectivity index (χ4v) is 2.79. The maximum atomic E-state index is 11.4. The molecule has 142 valence electrons. The summed E-state index contributed by atoms with van der Waals surface area (Å²) < 4.78 is 0. The van der Waals surface area contributed by atoms with Crippen molar-refractivity contribution in [3.05, 3.63) is 0 Å². The summed E-state index contributed by atoms with van der Waals surface area (Å²) >= 11 is 0. The van der Waals surface area contributed by atoms with E-state index in [0.717, 1.165) is 32.2 Å². The smallest absolute Gasteiger partial charge is 0.226 e. The summed E-state index contributed by atoms with van der Waals surface area (Å²) in [5.74, 6) is -0.185. The summed E-state index contributed by atoms with van der Waals surface area (Å²) in [6, 6.07) is 0. The predicted molar refractivity (Wildman–Crippen MR) is 98.8 cm³/mol. The number of amides is 2. The SMILES string of the molecule is CC(O)CN(C)C.O=C1CCCCCCCCCCCCC(=O)N1. The fourth-order valence-electron chi connectivity index (χ4n) is 2.79. The molecule has 1 fully saturated rings. The summed E-state index contributed by atoms with van der Waals surface area (Å²) in [5.41, 5.74) is 0. The molecule has 5 nitrogen and oxygen atoms in total. The minimum atomic E-state index is -0.199. The predicted octanol–water partition coefficient (Wildman–Crippen LogP) is 3.25. The molecular formula is C19H38N2O3. The normalized spacial score (nSPS) is 20.2. The van der Waals surface area contributed by atoms with Crippen molar-refractivity contribution in [2.45, 2.75) is 90.1 Å². The number of likely N-dealkylation sites (N-methyl/N-ethyl adjacent to an activating group) is 1. The van der Waals surface area contributed by atoms with Gasteiger partial charge in [0.1, 0.15) is 0 Å². The van der Waals surface area contributed by atoms with E-state index in [1.54, 1.807) is 6.92 Å². The van der Waals surface area contributed by atoms with Crippen LogP contribution in [0.4, 0.5) is 0 Å². The second kappa shape index (κ2) is 15.6. The highest BCUT2D eigenvalue weighted by molar-refractivity contribution is 5.95. The third kappa shape index (κ3) is 17.4. The average molecular weight is 343 g/mol. The first-order valence-corrected chi connectivity index (χ1v) is 9.57. The van der Waals surface area contributed by atoms with Gasteiger partial charge in [0, 0.05) is 19.4 Å². The van der Waals surface area contributed by atoms with Crippen LogP contribution in [-0.4, -0.2) is 48.6 Å². The number of rotatable bonds is 2. The molecule has 0 bridgehead atoms. The standard InChI is InChI=1S/C14H25NO2.C5H13NO/c16-13-11-9-7-5-3-1-2-4-6-8-10-12-14(17)15-13;1-5(7)4-6(2)3/h1-12H2,(H,15,16,17);5,7H,4H2,1-3H3. The maximum Gasteiger partial charge on any atom is 0.226 e. The quantitative estimate of drug-likeness (QED) is 0.756. The first kappa shape index (κ1) is 23.1. The van der Waals surface area contributed by atoms with Gasteiger partial charge in [0.05, 0.1) is 6.10 Å². The van der Waals surface area contributed by atoms with Crippen molar-refractivity contribution in [3.63, 3.8) is 0 Å². The molecule has 5 heteroatoms. The van der Waals surface area contributed by atoms with Crippen molar-refractivity contribution in [3.8, 4) is 0 Å². The zero-order valence-electron chi connectivity index (χ0n) is 16.0. The second-order valence-electron chi connectivity index (χ2n) is 7.12. The lowest BCUT2D eigenvalue weighted by Gasteiger charge is -2.10. The molecule has 0 aromatic rings. The molecule has 0 spiro atoms. The summed E-state index contributed by atoms with van der Waals surface area (Å²) in [5, 5.41) is 11.2.